The Hall–Kier alpha value is -2.47. The summed E-state index contributed by atoms with van der Waals surface area (Å²) in [4.78, 5) is 16.8. The summed E-state index contributed by atoms with van der Waals surface area (Å²) in [7, 11) is -0.821. The van der Waals surface area contributed by atoms with Crippen molar-refractivity contribution in [2.45, 2.75) is 12.3 Å². The van der Waals surface area contributed by atoms with Crippen molar-refractivity contribution in [3.05, 3.63) is 59.9 Å². The van der Waals surface area contributed by atoms with Gasteiger partial charge in [0.05, 0.1) is 16.8 Å². The third-order valence-electron chi connectivity index (χ3n) is 3.95. The molecule has 0 aliphatic carbocycles. The standard InChI is InChI=1S/C17H15N3O2S/c21-17(12-4-2-1-3-5-12)18-13-6-7-15-14(10-13)19-16-11-23(22)9-8-20(15)16/h1-7,10H,8-9,11H2,(H,18,21). The van der Waals surface area contributed by atoms with Crippen LogP contribution in [0.25, 0.3) is 11.0 Å². The summed E-state index contributed by atoms with van der Waals surface area (Å²) in [5.74, 6) is 1.89. The van der Waals surface area contributed by atoms with Gasteiger partial charge in [0.15, 0.2) is 0 Å². The molecule has 0 saturated carbocycles. The fraction of sp³-hybridized carbons (Fsp3) is 0.176. The van der Waals surface area contributed by atoms with E-state index in [-0.39, 0.29) is 5.91 Å². The van der Waals surface area contributed by atoms with Crippen LogP contribution in [-0.2, 0) is 23.1 Å². The number of anilines is 1. The number of nitrogens with one attached hydrogen (secondary N) is 1. The molecule has 1 aromatic heterocycles. The Labute approximate surface area is 135 Å². The summed E-state index contributed by atoms with van der Waals surface area (Å²) in [6.45, 7) is 0.730. The average Bonchev–Trinajstić information content (AvgIpc) is 2.92. The number of hydrogen-bond donors (Lipinski definition) is 1. The van der Waals surface area contributed by atoms with Gasteiger partial charge < -0.3 is 9.88 Å². The molecule has 116 valence electrons. The Morgan fingerprint density at radius 2 is 2.00 bits per heavy atom. The number of hydrogen-bond acceptors (Lipinski definition) is 3. The first kappa shape index (κ1) is 14.1. The first-order chi connectivity index (χ1) is 11.2. The SMILES string of the molecule is O=C(Nc1ccc2c(c1)nc1n2CCS(=O)C1)c1ccccc1. The van der Waals surface area contributed by atoms with Gasteiger partial charge in [0.2, 0.25) is 0 Å². The third kappa shape index (κ3) is 2.66. The summed E-state index contributed by atoms with van der Waals surface area (Å²) >= 11 is 0. The number of rotatable bonds is 2. The van der Waals surface area contributed by atoms with Crippen molar-refractivity contribution >= 4 is 33.4 Å². The van der Waals surface area contributed by atoms with E-state index in [1.54, 1.807) is 12.1 Å². The van der Waals surface area contributed by atoms with E-state index in [1.807, 2.05) is 36.4 Å². The lowest BCUT2D eigenvalue weighted by atomic mass is 10.2. The van der Waals surface area contributed by atoms with Gasteiger partial charge in [-0.05, 0) is 30.3 Å². The monoisotopic (exact) mass is 325 g/mol. The molecule has 0 bridgehead atoms. The molecule has 2 heterocycles. The molecule has 6 heteroatoms. The molecule has 1 aliphatic rings. The predicted molar refractivity (Wildman–Crippen MR) is 90.8 cm³/mol. The van der Waals surface area contributed by atoms with Crippen molar-refractivity contribution in [1.82, 2.24) is 9.55 Å². The van der Waals surface area contributed by atoms with Crippen molar-refractivity contribution in [3.63, 3.8) is 0 Å². The summed E-state index contributed by atoms with van der Waals surface area (Å²) < 4.78 is 13.8. The zero-order chi connectivity index (χ0) is 15.8. The van der Waals surface area contributed by atoms with Gasteiger partial charge in [0.25, 0.3) is 5.91 Å². The van der Waals surface area contributed by atoms with Gasteiger partial charge in [0.1, 0.15) is 5.82 Å². The average molecular weight is 325 g/mol. The maximum absolute atomic E-state index is 12.2. The molecule has 0 saturated heterocycles. The number of carbonyl (C=O) groups is 1. The van der Waals surface area contributed by atoms with Crippen LogP contribution in [0.15, 0.2) is 48.5 Å². The van der Waals surface area contributed by atoms with Gasteiger partial charge in [-0.25, -0.2) is 4.98 Å². The molecule has 5 nitrogen and oxygen atoms in total. The fourth-order valence-corrected chi connectivity index (χ4v) is 3.86. The molecule has 1 atom stereocenters. The number of carbonyl (C=O) groups excluding carboxylic acids is 1. The van der Waals surface area contributed by atoms with Crippen molar-refractivity contribution in [1.29, 1.82) is 0 Å². The normalized spacial score (nSPS) is 17.0. The van der Waals surface area contributed by atoms with E-state index in [4.69, 9.17) is 0 Å². The van der Waals surface area contributed by atoms with E-state index in [2.05, 4.69) is 14.9 Å². The van der Waals surface area contributed by atoms with E-state index in [1.165, 1.54) is 0 Å². The Morgan fingerprint density at radius 1 is 1.17 bits per heavy atom. The molecule has 2 aromatic carbocycles. The largest absolute Gasteiger partial charge is 0.326 e. The Morgan fingerprint density at radius 3 is 2.83 bits per heavy atom. The first-order valence-corrected chi connectivity index (χ1v) is 8.90. The summed E-state index contributed by atoms with van der Waals surface area (Å²) in [6.07, 6.45) is 0. The molecular weight excluding hydrogens is 310 g/mol. The molecule has 3 aromatic rings. The maximum Gasteiger partial charge on any atom is 0.255 e. The zero-order valence-electron chi connectivity index (χ0n) is 12.4. The van der Waals surface area contributed by atoms with Crippen molar-refractivity contribution in [2.75, 3.05) is 11.1 Å². The van der Waals surface area contributed by atoms with Crippen LogP contribution in [-0.4, -0.2) is 25.4 Å². The molecule has 1 unspecified atom stereocenters. The van der Waals surface area contributed by atoms with Crippen LogP contribution in [0, 0.1) is 0 Å². The second-order valence-electron chi connectivity index (χ2n) is 5.49. The van der Waals surface area contributed by atoms with E-state index < -0.39 is 10.8 Å². The molecule has 1 aliphatic heterocycles. The van der Waals surface area contributed by atoms with Gasteiger partial charge in [-0.15, -0.1) is 0 Å². The minimum Gasteiger partial charge on any atom is -0.326 e. The Bertz CT molecular complexity index is 918. The predicted octanol–water partition coefficient (Wildman–Crippen LogP) is 2.55. The lowest BCUT2D eigenvalue weighted by molar-refractivity contribution is 0.102. The van der Waals surface area contributed by atoms with Crippen molar-refractivity contribution in [3.8, 4) is 0 Å². The van der Waals surface area contributed by atoms with Gasteiger partial charge in [-0.2, -0.15) is 0 Å². The smallest absolute Gasteiger partial charge is 0.255 e. The number of nitrogens with zero attached hydrogens (tertiary/aromatic N) is 2. The lowest BCUT2D eigenvalue weighted by Gasteiger charge is -2.13. The molecule has 1 N–H and O–H groups in total. The molecule has 0 spiro atoms. The van der Waals surface area contributed by atoms with Crippen LogP contribution in [0.5, 0.6) is 0 Å². The van der Waals surface area contributed by atoms with Crippen LogP contribution >= 0.6 is 0 Å². The third-order valence-corrected chi connectivity index (χ3v) is 5.17. The highest BCUT2D eigenvalue weighted by atomic mass is 32.2. The Balaban J connectivity index is 1.65. The van der Waals surface area contributed by atoms with Crippen molar-refractivity contribution < 1.29 is 9.00 Å². The summed E-state index contributed by atoms with van der Waals surface area (Å²) in [5.41, 5.74) is 3.18. The fourth-order valence-electron chi connectivity index (χ4n) is 2.82. The van der Waals surface area contributed by atoms with Gasteiger partial charge >= 0.3 is 0 Å². The van der Waals surface area contributed by atoms with E-state index >= 15 is 0 Å². The number of aromatic nitrogens is 2. The van der Waals surface area contributed by atoms with Crippen LogP contribution in [0.3, 0.4) is 0 Å². The number of aryl methyl sites for hydroxylation is 1. The maximum atomic E-state index is 12.2. The number of benzene rings is 2. The quantitative estimate of drug-likeness (QED) is 0.787. The van der Waals surface area contributed by atoms with E-state index in [0.717, 1.165) is 23.4 Å². The van der Waals surface area contributed by atoms with Gasteiger partial charge in [-0.3, -0.25) is 9.00 Å². The summed E-state index contributed by atoms with van der Waals surface area (Å²) in [6, 6.07) is 14.8. The van der Waals surface area contributed by atoms with E-state index in [0.29, 0.717) is 22.8 Å². The van der Waals surface area contributed by atoms with Crippen LogP contribution < -0.4 is 5.32 Å². The van der Waals surface area contributed by atoms with Crippen molar-refractivity contribution in [2.24, 2.45) is 0 Å². The highest BCUT2D eigenvalue weighted by molar-refractivity contribution is 7.84. The first-order valence-electron chi connectivity index (χ1n) is 7.41. The lowest BCUT2D eigenvalue weighted by Crippen LogP contribution is -2.19. The molecule has 23 heavy (non-hydrogen) atoms. The molecule has 1 amide bonds. The molecule has 0 fully saturated rings. The second kappa shape index (κ2) is 5.62. The number of fused-ring (bicyclic) bond motifs is 3. The van der Waals surface area contributed by atoms with E-state index in [9.17, 15) is 9.00 Å². The molecule has 0 radical (unpaired) electrons. The van der Waals surface area contributed by atoms with Crippen LogP contribution in [0.4, 0.5) is 5.69 Å². The molecular formula is C17H15N3O2S. The molecule has 4 rings (SSSR count). The topological polar surface area (TPSA) is 64.0 Å². The second-order valence-corrected chi connectivity index (χ2v) is 7.07. The highest BCUT2D eigenvalue weighted by Crippen LogP contribution is 2.24. The minimum absolute atomic E-state index is 0.143. The minimum atomic E-state index is -0.821. The number of imidazole rings is 1. The van der Waals surface area contributed by atoms with Gasteiger partial charge in [0, 0.05) is 34.3 Å². The Kier molecular flexibility index (Phi) is 3.46. The summed E-state index contributed by atoms with van der Waals surface area (Å²) in [5, 5.41) is 2.89. The van der Waals surface area contributed by atoms with Crippen LogP contribution in [0.1, 0.15) is 16.2 Å². The zero-order valence-corrected chi connectivity index (χ0v) is 13.2. The van der Waals surface area contributed by atoms with Gasteiger partial charge in [-0.1, -0.05) is 18.2 Å². The van der Waals surface area contributed by atoms with Crippen LogP contribution in [0.2, 0.25) is 0 Å². The number of amides is 1. The highest BCUT2D eigenvalue weighted by Gasteiger charge is 2.19.